The molecule has 0 amide bonds. The molecular weight excluding hydrogens is 777 g/mol. The molecule has 2 unspecified atom stereocenters. The number of hydrogen-bond acceptors (Lipinski definition) is 11. The molecule has 6 atom stereocenters. The zero-order chi connectivity index (χ0) is 42.6. The van der Waals surface area contributed by atoms with Crippen molar-refractivity contribution in [3.8, 4) is 63.2 Å². The molecule has 11 N–H and O–H groups in total. The van der Waals surface area contributed by atoms with Crippen molar-refractivity contribution >= 4 is 11.6 Å². The Morgan fingerprint density at radius 1 is 0.311 bits per heavy atom. The van der Waals surface area contributed by atoms with Gasteiger partial charge in [0, 0.05) is 82.0 Å². The van der Waals surface area contributed by atoms with Crippen molar-refractivity contribution in [2.24, 2.45) is 0 Å². The van der Waals surface area contributed by atoms with Gasteiger partial charge < -0.3 is 56.2 Å². The van der Waals surface area contributed by atoms with Crippen LogP contribution >= 0.6 is 0 Å². The molecule has 0 fully saturated rings. The van der Waals surface area contributed by atoms with Crippen LogP contribution in [0.25, 0.3) is 11.6 Å². The van der Waals surface area contributed by atoms with Gasteiger partial charge in [0.25, 0.3) is 0 Å². The quantitative estimate of drug-likeness (QED) is 0.0786. The van der Waals surface area contributed by atoms with E-state index >= 15 is 0 Å². The van der Waals surface area contributed by atoms with Crippen molar-refractivity contribution in [1.29, 1.82) is 0 Å². The molecule has 3 aliphatic carbocycles. The van der Waals surface area contributed by atoms with Gasteiger partial charge >= 0.3 is 0 Å². The van der Waals surface area contributed by atoms with Crippen molar-refractivity contribution in [2.75, 3.05) is 0 Å². The Balaban J connectivity index is 1.22. The number of phenolic OH excluding ortho intramolecular Hbond substituents is 11. The minimum absolute atomic E-state index is 0.0207. The maximum absolute atomic E-state index is 11.9. The van der Waals surface area contributed by atoms with E-state index in [1.807, 2.05) is 6.08 Å². The van der Waals surface area contributed by atoms with Gasteiger partial charge in [0.05, 0.1) is 0 Å². The van der Waals surface area contributed by atoms with Gasteiger partial charge in [-0.05, 0) is 111 Å². The van der Waals surface area contributed by atoms with Crippen LogP contribution in [0.15, 0.2) is 121 Å². The summed E-state index contributed by atoms with van der Waals surface area (Å²) in [6, 6.07) is 30.7. The van der Waals surface area contributed by atoms with Crippen molar-refractivity contribution in [1.82, 2.24) is 0 Å². The topological polar surface area (TPSA) is 223 Å². The fourth-order valence-electron chi connectivity index (χ4n) is 10.6. The Hall–Kier alpha value is -7.92. The number of phenols is 11. The van der Waals surface area contributed by atoms with Gasteiger partial charge in [0.15, 0.2) is 0 Å². The average Bonchev–Trinajstić information content (AvgIpc) is 3.66. The molecule has 304 valence electrons. The number of benzene rings is 7. The maximum atomic E-state index is 11.9. The molecule has 7 aromatic rings. The number of fused-ring (bicyclic) bond motifs is 8. The van der Waals surface area contributed by atoms with E-state index in [0.29, 0.717) is 61.2 Å². The van der Waals surface area contributed by atoms with E-state index in [1.54, 1.807) is 54.6 Å². The Labute approximate surface area is 348 Å². The Morgan fingerprint density at radius 3 is 1.44 bits per heavy atom. The van der Waals surface area contributed by atoms with Crippen molar-refractivity contribution in [3.63, 3.8) is 0 Å². The zero-order valence-corrected chi connectivity index (χ0v) is 32.0. The van der Waals surface area contributed by atoms with E-state index in [4.69, 9.17) is 0 Å². The summed E-state index contributed by atoms with van der Waals surface area (Å²) in [6.45, 7) is 0. The molecule has 0 aliphatic heterocycles. The predicted molar refractivity (Wildman–Crippen MR) is 225 cm³/mol. The first-order valence-corrected chi connectivity index (χ1v) is 19.6. The third-order valence-electron chi connectivity index (χ3n) is 12.7. The van der Waals surface area contributed by atoms with Crippen LogP contribution in [0.3, 0.4) is 0 Å². The van der Waals surface area contributed by atoms with Crippen LogP contribution in [0.1, 0.15) is 96.7 Å². The van der Waals surface area contributed by atoms with Gasteiger partial charge in [-0.1, -0.05) is 36.4 Å². The second kappa shape index (κ2) is 13.6. The molecule has 2 bridgehead atoms. The molecule has 61 heavy (non-hydrogen) atoms. The number of rotatable bonds is 5. The molecular formula is C50H38O11. The lowest BCUT2D eigenvalue weighted by atomic mass is 9.62. The van der Waals surface area contributed by atoms with Crippen LogP contribution in [-0.2, 0) is 0 Å². The first-order chi connectivity index (χ1) is 29.2. The molecule has 0 saturated carbocycles. The minimum Gasteiger partial charge on any atom is -0.508 e. The standard InChI is InChI=1S/C50H38O11/c51-26-6-2-23(3-7-26)42-33(34-16-30(55)19-39(59)45(34)44(42)25-13-28(53)15-29(54)14-25)11-22-1-10-38(58)35(12-22)48-46-36(17-31(56)20-40(46)60)49-43(24-4-8-27(52)9-5-24)50(48)37-18-32(57)21-41(61)47(37)49/h1-21,42-44,48-61H/b33-11+/t42-,43?,44+,48+,49?,50+/m0/s1. The molecule has 10 rings (SSSR count). The van der Waals surface area contributed by atoms with Crippen LogP contribution < -0.4 is 0 Å². The zero-order valence-electron chi connectivity index (χ0n) is 32.0. The number of allylic oxidation sites excluding steroid dienone is 1. The normalized spacial score (nSPS) is 21.5. The highest BCUT2D eigenvalue weighted by Crippen LogP contribution is 2.69. The summed E-state index contributed by atoms with van der Waals surface area (Å²) in [5.41, 5.74) is 6.32. The summed E-state index contributed by atoms with van der Waals surface area (Å²) in [5.74, 6) is -5.61. The van der Waals surface area contributed by atoms with Crippen molar-refractivity contribution < 1.29 is 56.2 Å². The molecule has 0 radical (unpaired) electrons. The Morgan fingerprint density at radius 2 is 0.820 bits per heavy atom. The van der Waals surface area contributed by atoms with Crippen molar-refractivity contribution in [2.45, 2.75) is 35.5 Å². The summed E-state index contributed by atoms with van der Waals surface area (Å²) in [6.07, 6.45) is 1.85. The molecule has 11 heteroatoms. The Kier molecular flexibility index (Phi) is 8.31. The van der Waals surface area contributed by atoms with Crippen LogP contribution in [-0.4, -0.2) is 56.2 Å². The first-order valence-electron chi connectivity index (χ1n) is 19.6. The van der Waals surface area contributed by atoms with Crippen molar-refractivity contribution in [3.05, 3.63) is 183 Å². The van der Waals surface area contributed by atoms with Crippen LogP contribution in [0, 0.1) is 0 Å². The number of aromatic hydroxyl groups is 11. The molecule has 0 aromatic heterocycles. The Bertz CT molecular complexity index is 2950. The predicted octanol–water partition coefficient (Wildman–Crippen LogP) is 9.08. The molecule has 0 saturated heterocycles. The van der Waals surface area contributed by atoms with Gasteiger partial charge in [0.1, 0.15) is 63.2 Å². The van der Waals surface area contributed by atoms with Gasteiger partial charge in [-0.3, -0.25) is 0 Å². The molecule has 0 heterocycles. The highest BCUT2D eigenvalue weighted by molar-refractivity contribution is 5.93. The third-order valence-corrected chi connectivity index (χ3v) is 12.7. The number of hydrogen-bond donors (Lipinski definition) is 11. The highest BCUT2D eigenvalue weighted by Gasteiger charge is 2.54. The SMILES string of the molecule is Oc1ccc(C2C3c4cc(O)cc(O)c4[C@@H](c4cc(/C=C5\c6cc(O)cc(O)c6[C@H](c6cc(O)cc(O)c6)[C@H]5c5ccc(O)cc5)ccc4O)[C@@H]2c2cc(O)cc(O)c23)cc1. The van der Waals surface area contributed by atoms with Gasteiger partial charge in [-0.25, -0.2) is 0 Å². The summed E-state index contributed by atoms with van der Waals surface area (Å²) in [7, 11) is 0. The summed E-state index contributed by atoms with van der Waals surface area (Å²) < 4.78 is 0. The second-order valence-electron chi connectivity index (χ2n) is 16.2. The second-order valence-corrected chi connectivity index (χ2v) is 16.2. The van der Waals surface area contributed by atoms with E-state index in [0.717, 1.165) is 5.56 Å². The third kappa shape index (κ3) is 5.88. The van der Waals surface area contributed by atoms with Crippen LogP contribution in [0.5, 0.6) is 63.2 Å². The van der Waals surface area contributed by atoms with E-state index in [1.165, 1.54) is 66.7 Å². The molecule has 3 aliphatic rings. The van der Waals surface area contributed by atoms with E-state index in [-0.39, 0.29) is 63.2 Å². The molecule has 7 aromatic carbocycles. The van der Waals surface area contributed by atoms with Crippen LogP contribution in [0.4, 0.5) is 0 Å². The van der Waals surface area contributed by atoms with E-state index < -0.39 is 35.5 Å². The lowest BCUT2D eigenvalue weighted by molar-refractivity contribution is 0.398. The fourth-order valence-corrected chi connectivity index (χ4v) is 10.6. The molecule has 0 spiro atoms. The summed E-state index contributed by atoms with van der Waals surface area (Å²) in [5, 5.41) is 121. The summed E-state index contributed by atoms with van der Waals surface area (Å²) >= 11 is 0. The maximum Gasteiger partial charge on any atom is 0.123 e. The highest BCUT2D eigenvalue weighted by atomic mass is 16.3. The van der Waals surface area contributed by atoms with E-state index in [9.17, 15) is 56.2 Å². The fraction of sp³-hybridized carbons (Fsp3) is 0.120. The van der Waals surface area contributed by atoms with Gasteiger partial charge in [-0.2, -0.15) is 0 Å². The monoisotopic (exact) mass is 814 g/mol. The molecule has 11 nitrogen and oxygen atoms in total. The average molecular weight is 815 g/mol. The summed E-state index contributed by atoms with van der Waals surface area (Å²) in [4.78, 5) is 0. The van der Waals surface area contributed by atoms with Crippen LogP contribution in [0.2, 0.25) is 0 Å². The lowest BCUT2D eigenvalue weighted by Crippen LogP contribution is -2.26. The largest absolute Gasteiger partial charge is 0.508 e. The van der Waals surface area contributed by atoms with Gasteiger partial charge in [0.2, 0.25) is 0 Å². The smallest absolute Gasteiger partial charge is 0.123 e. The minimum atomic E-state index is -0.841. The van der Waals surface area contributed by atoms with Gasteiger partial charge in [-0.15, -0.1) is 0 Å². The lowest BCUT2D eigenvalue weighted by Gasteiger charge is -2.40. The van der Waals surface area contributed by atoms with E-state index in [2.05, 4.69) is 0 Å². The first kappa shape index (κ1) is 37.4.